The fourth-order valence-electron chi connectivity index (χ4n) is 3.75. The van der Waals surface area contributed by atoms with Crippen LogP contribution in [0.4, 0.5) is 0 Å². The van der Waals surface area contributed by atoms with Crippen molar-refractivity contribution in [3.8, 4) is 5.75 Å². The second kappa shape index (κ2) is 7.54. The van der Waals surface area contributed by atoms with Crippen LogP contribution in [0.3, 0.4) is 0 Å². The smallest absolute Gasteiger partial charge is 0.257 e. The molecule has 0 unspecified atom stereocenters. The summed E-state index contributed by atoms with van der Waals surface area (Å²) in [6, 6.07) is 5.94. The Kier molecular flexibility index (Phi) is 5.44. The molecule has 0 radical (unpaired) electrons. The van der Waals surface area contributed by atoms with E-state index >= 15 is 0 Å². The van der Waals surface area contributed by atoms with Gasteiger partial charge in [-0.15, -0.1) is 0 Å². The van der Waals surface area contributed by atoms with Gasteiger partial charge in [-0.3, -0.25) is 9.69 Å². The summed E-state index contributed by atoms with van der Waals surface area (Å²) < 4.78 is 5.31. The van der Waals surface area contributed by atoms with Crippen LogP contribution >= 0.6 is 11.6 Å². The number of carbonyl (C=O) groups excluding carboxylic acids is 1. The first-order valence-corrected chi connectivity index (χ1v) is 8.93. The van der Waals surface area contributed by atoms with E-state index in [1.807, 2.05) is 4.90 Å². The van der Waals surface area contributed by atoms with Gasteiger partial charge in [0, 0.05) is 37.2 Å². The number of benzene rings is 1. The maximum atomic E-state index is 12.8. The van der Waals surface area contributed by atoms with Crippen molar-refractivity contribution in [3.63, 3.8) is 0 Å². The molecule has 1 aromatic rings. The number of amides is 1. The molecule has 3 rings (SSSR count). The van der Waals surface area contributed by atoms with Gasteiger partial charge in [0.05, 0.1) is 12.7 Å². The number of methoxy groups -OCH3 is 1. The van der Waals surface area contributed by atoms with E-state index in [0.29, 0.717) is 16.3 Å². The molecule has 4 nitrogen and oxygen atoms in total. The highest BCUT2D eigenvalue weighted by Gasteiger charge is 2.28. The number of hydrogen-bond acceptors (Lipinski definition) is 3. The maximum absolute atomic E-state index is 12.8. The first-order valence-electron chi connectivity index (χ1n) is 8.56. The first-order chi connectivity index (χ1) is 11.2. The number of rotatable bonds is 3. The van der Waals surface area contributed by atoms with Gasteiger partial charge >= 0.3 is 0 Å². The van der Waals surface area contributed by atoms with Crippen LogP contribution in [0.25, 0.3) is 0 Å². The van der Waals surface area contributed by atoms with E-state index in [-0.39, 0.29) is 5.91 Å². The van der Waals surface area contributed by atoms with Crippen LogP contribution in [0.5, 0.6) is 5.75 Å². The van der Waals surface area contributed by atoms with Gasteiger partial charge in [0.2, 0.25) is 0 Å². The minimum atomic E-state index is 0.0433. The molecule has 0 aromatic heterocycles. The van der Waals surface area contributed by atoms with Crippen LogP contribution < -0.4 is 4.74 Å². The topological polar surface area (TPSA) is 32.8 Å². The van der Waals surface area contributed by atoms with Crippen LogP contribution in [0.1, 0.15) is 42.5 Å². The van der Waals surface area contributed by atoms with E-state index in [2.05, 4.69) is 4.90 Å². The fraction of sp³-hybridized carbons (Fsp3) is 0.611. The minimum absolute atomic E-state index is 0.0433. The number of ether oxygens (including phenoxy) is 1. The van der Waals surface area contributed by atoms with Gasteiger partial charge in [-0.1, -0.05) is 30.9 Å². The molecule has 1 saturated carbocycles. The summed E-state index contributed by atoms with van der Waals surface area (Å²) in [5.41, 5.74) is 0.600. The summed E-state index contributed by atoms with van der Waals surface area (Å²) in [7, 11) is 1.57. The lowest BCUT2D eigenvalue weighted by Gasteiger charge is -2.40. The van der Waals surface area contributed by atoms with Crippen LogP contribution in [0.15, 0.2) is 18.2 Å². The van der Waals surface area contributed by atoms with Crippen LogP contribution in [-0.4, -0.2) is 55.0 Å². The van der Waals surface area contributed by atoms with E-state index in [1.54, 1.807) is 25.3 Å². The number of hydrogen-bond donors (Lipinski definition) is 0. The molecule has 0 atom stereocenters. The summed E-state index contributed by atoms with van der Waals surface area (Å²) >= 11 is 5.98. The maximum Gasteiger partial charge on any atom is 0.257 e. The molecule has 1 amide bonds. The molecular weight excluding hydrogens is 312 g/mol. The average molecular weight is 337 g/mol. The van der Waals surface area contributed by atoms with Crippen molar-refractivity contribution in [3.05, 3.63) is 28.8 Å². The Morgan fingerprint density at radius 1 is 1.13 bits per heavy atom. The standard InChI is InChI=1S/C18H25ClN2O2/c1-23-17-13-14(19)7-8-16(17)18(22)21-11-9-20(10-12-21)15-5-3-2-4-6-15/h7-8,13,15H,2-6,9-12H2,1H3. The Morgan fingerprint density at radius 3 is 2.48 bits per heavy atom. The van der Waals surface area contributed by atoms with Gasteiger partial charge in [0.15, 0.2) is 0 Å². The Hall–Kier alpha value is -1.26. The lowest BCUT2D eigenvalue weighted by Crippen LogP contribution is -2.52. The van der Waals surface area contributed by atoms with Crippen LogP contribution in [-0.2, 0) is 0 Å². The second-order valence-electron chi connectivity index (χ2n) is 6.46. The lowest BCUT2D eigenvalue weighted by molar-refractivity contribution is 0.0520. The van der Waals surface area contributed by atoms with E-state index in [4.69, 9.17) is 16.3 Å². The van der Waals surface area contributed by atoms with Crippen molar-refractivity contribution in [1.29, 1.82) is 0 Å². The second-order valence-corrected chi connectivity index (χ2v) is 6.90. The van der Waals surface area contributed by atoms with Gasteiger partial charge in [-0.2, -0.15) is 0 Å². The Labute approximate surface area is 143 Å². The molecule has 0 bridgehead atoms. The molecular formula is C18H25ClN2O2. The molecule has 1 heterocycles. The highest BCUT2D eigenvalue weighted by molar-refractivity contribution is 6.30. The van der Waals surface area contributed by atoms with Crippen molar-refractivity contribution in [1.82, 2.24) is 9.80 Å². The van der Waals surface area contributed by atoms with Crippen LogP contribution in [0, 0.1) is 0 Å². The molecule has 2 aliphatic rings. The van der Waals surface area contributed by atoms with Crippen molar-refractivity contribution in [2.45, 2.75) is 38.1 Å². The van der Waals surface area contributed by atoms with Gasteiger partial charge in [0.25, 0.3) is 5.91 Å². The van der Waals surface area contributed by atoms with Gasteiger partial charge < -0.3 is 9.64 Å². The predicted octanol–water partition coefficient (Wildman–Crippen LogP) is 3.44. The van der Waals surface area contributed by atoms with Crippen molar-refractivity contribution in [2.24, 2.45) is 0 Å². The largest absolute Gasteiger partial charge is 0.496 e. The van der Waals surface area contributed by atoms with Crippen molar-refractivity contribution < 1.29 is 9.53 Å². The number of halogens is 1. The first kappa shape index (κ1) is 16.6. The highest BCUT2D eigenvalue weighted by atomic mass is 35.5. The molecule has 0 spiro atoms. The third kappa shape index (κ3) is 3.81. The predicted molar refractivity (Wildman–Crippen MR) is 92.4 cm³/mol. The molecule has 1 aliphatic carbocycles. The summed E-state index contributed by atoms with van der Waals surface area (Å²) in [5, 5.41) is 0.584. The van der Waals surface area contributed by atoms with Crippen LogP contribution in [0.2, 0.25) is 5.02 Å². The zero-order valence-electron chi connectivity index (χ0n) is 13.8. The zero-order chi connectivity index (χ0) is 16.2. The average Bonchev–Trinajstić information content (AvgIpc) is 2.62. The quantitative estimate of drug-likeness (QED) is 0.847. The van der Waals surface area contributed by atoms with Crippen molar-refractivity contribution >= 4 is 17.5 Å². The molecule has 2 fully saturated rings. The van der Waals surface area contributed by atoms with E-state index in [1.165, 1.54) is 32.1 Å². The van der Waals surface area contributed by atoms with E-state index in [9.17, 15) is 4.79 Å². The zero-order valence-corrected chi connectivity index (χ0v) is 14.5. The summed E-state index contributed by atoms with van der Waals surface area (Å²) in [5.74, 6) is 0.596. The van der Waals surface area contributed by atoms with Gasteiger partial charge in [-0.05, 0) is 31.0 Å². The molecule has 1 aromatic carbocycles. The monoisotopic (exact) mass is 336 g/mol. The molecule has 5 heteroatoms. The fourth-order valence-corrected chi connectivity index (χ4v) is 3.91. The number of nitrogens with zero attached hydrogens (tertiary/aromatic N) is 2. The minimum Gasteiger partial charge on any atom is -0.496 e. The molecule has 0 N–H and O–H groups in total. The molecule has 1 aliphatic heterocycles. The van der Waals surface area contributed by atoms with Gasteiger partial charge in [0.1, 0.15) is 5.75 Å². The Morgan fingerprint density at radius 2 is 1.83 bits per heavy atom. The SMILES string of the molecule is COc1cc(Cl)ccc1C(=O)N1CCN(C2CCCCC2)CC1. The number of carbonyl (C=O) groups is 1. The third-order valence-electron chi connectivity index (χ3n) is 5.09. The normalized spacial score (nSPS) is 20.5. The molecule has 1 saturated heterocycles. The highest BCUT2D eigenvalue weighted by Crippen LogP contribution is 2.26. The van der Waals surface area contributed by atoms with E-state index < -0.39 is 0 Å². The summed E-state index contributed by atoms with van der Waals surface area (Å²) in [6.45, 7) is 3.54. The molecule has 23 heavy (non-hydrogen) atoms. The summed E-state index contributed by atoms with van der Waals surface area (Å²) in [4.78, 5) is 17.3. The summed E-state index contributed by atoms with van der Waals surface area (Å²) in [6.07, 6.45) is 6.72. The molecule has 126 valence electrons. The van der Waals surface area contributed by atoms with Crippen molar-refractivity contribution in [2.75, 3.05) is 33.3 Å². The Bertz CT molecular complexity index is 550. The van der Waals surface area contributed by atoms with E-state index in [0.717, 1.165) is 32.2 Å². The third-order valence-corrected chi connectivity index (χ3v) is 5.32. The van der Waals surface area contributed by atoms with Gasteiger partial charge in [-0.25, -0.2) is 0 Å². The Balaban J connectivity index is 1.62. The lowest BCUT2D eigenvalue weighted by atomic mass is 9.94. The number of piperazine rings is 1.